The number of carbonyl (C=O) groups excluding carboxylic acids is 1. The molecule has 6 heteroatoms. The molecule has 0 radical (unpaired) electrons. The highest BCUT2D eigenvalue weighted by molar-refractivity contribution is 7.80. The van der Waals surface area contributed by atoms with Crippen molar-refractivity contribution in [1.29, 1.82) is 0 Å². The van der Waals surface area contributed by atoms with E-state index in [-0.39, 0.29) is 18.6 Å². The van der Waals surface area contributed by atoms with Gasteiger partial charge in [0.1, 0.15) is 12.4 Å². The van der Waals surface area contributed by atoms with Crippen LogP contribution < -0.4 is 15.4 Å². The average molecular weight is 429 g/mol. The van der Waals surface area contributed by atoms with Crippen molar-refractivity contribution in [3.63, 3.8) is 0 Å². The molecule has 1 atom stereocenters. The molecule has 0 spiro atoms. The van der Waals surface area contributed by atoms with Crippen molar-refractivity contribution in [2.45, 2.75) is 46.7 Å². The van der Waals surface area contributed by atoms with Gasteiger partial charge in [-0.3, -0.25) is 4.79 Å². The van der Waals surface area contributed by atoms with Gasteiger partial charge in [0.2, 0.25) is 0 Å². The lowest BCUT2D eigenvalue weighted by atomic mass is 9.97. The maximum absolute atomic E-state index is 12.2. The zero-order chi connectivity index (χ0) is 22.1. The third kappa shape index (κ3) is 7.67. The van der Waals surface area contributed by atoms with Crippen molar-refractivity contribution in [3.05, 3.63) is 65.2 Å². The van der Waals surface area contributed by atoms with Gasteiger partial charge in [-0.2, -0.15) is 0 Å². The van der Waals surface area contributed by atoms with E-state index in [1.807, 2.05) is 64.1 Å². The number of nitrogens with one attached hydrogen (secondary N) is 2. The Morgan fingerprint density at radius 1 is 1.10 bits per heavy atom. The van der Waals surface area contributed by atoms with Gasteiger partial charge in [0, 0.05) is 6.54 Å². The first-order valence-corrected chi connectivity index (χ1v) is 10.5. The number of carbonyl (C=O) groups is 1. The fraction of sp³-hybridized carbons (Fsp3) is 0.417. The summed E-state index contributed by atoms with van der Waals surface area (Å²) in [6.45, 7) is 8.35. The number of ether oxygens (including phenoxy) is 2. The Morgan fingerprint density at radius 3 is 2.43 bits per heavy atom. The van der Waals surface area contributed by atoms with E-state index in [1.165, 1.54) is 0 Å². The highest BCUT2D eigenvalue weighted by atomic mass is 32.1. The van der Waals surface area contributed by atoms with Crippen molar-refractivity contribution in [1.82, 2.24) is 10.6 Å². The van der Waals surface area contributed by atoms with Crippen molar-refractivity contribution in [2.24, 2.45) is 5.41 Å². The zero-order valence-corrected chi connectivity index (χ0v) is 19.3. The predicted molar refractivity (Wildman–Crippen MR) is 125 cm³/mol. The van der Waals surface area contributed by atoms with E-state index >= 15 is 0 Å². The highest BCUT2D eigenvalue weighted by Gasteiger charge is 2.24. The summed E-state index contributed by atoms with van der Waals surface area (Å²) in [4.78, 5) is 12.2. The summed E-state index contributed by atoms with van der Waals surface area (Å²) in [6, 6.07) is 16.0. The largest absolute Gasteiger partial charge is 0.496 e. The molecule has 0 aliphatic rings. The lowest BCUT2D eigenvalue weighted by Gasteiger charge is -2.23. The summed E-state index contributed by atoms with van der Waals surface area (Å²) >= 11 is 5.49. The molecule has 0 aliphatic heterocycles. The van der Waals surface area contributed by atoms with Crippen LogP contribution in [-0.4, -0.2) is 30.8 Å². The third-order valence-electron chi connectivity index (χ3n) is 4.61. The molecule has 2 rings (SSSR count). The molecule has 0 saturated heterocycles. The summed E-state index contributed by atoms with van der Waals surface area (Å²) in [5, 5.41) is 7.04. The molecular weight excluding hydrogens is 396 g/mol. The van der Waals surface area contributed by atoms with Gasteiger partial charge >= 0.3 is 5.97 Å². The second-order valence-electron chi connectivity index (χ2n) is 8.37. The van der Waals surface area contributed by atoms with Gasteiger partial charge in [-0.1, -0.05) is 42.5 Å². The van der Waals surface area contributed by atoms with Crippen LogP contribution in [0.5, 0.6) is 5.75 Å². The normalized spacial score (nSPS) is 12.0. The van der Waals surface area contributed by atoms with Gasteiger partial charge < -0.3 is 20.1 Å². The Morgan fingerprint density at radius 2 is 1.80 bits per heavy atom. The number of aryl methyl sites for hydroxylation is 1. The SMILES string of the molecule is COc1cc(CNC(=S)NC(COC(=O)C(C)(C)C)Cc2ccccc2)ccc1C. The molecule has 30 heavy (non-hydrogen) atoms. The molecule has 0 heterocycles. The average Bonchev–Trinajstić information content (AvgIpc) is 2.71. The minimum absolute atomic E-state index is 0.133. The fourth-order valence-corrected chi connectivity index (χ4v) is 3.07. The molecule has 1 unspecified atom stereocenters. The van der Waals surface area contributed by atoms with Crippen LogP contribution in [0, 0.1) is 12.3 Å². The van der Waals surface area contributed by atoms with Crippen LogP contribution in [0.15, 0.2) is 48.5 Å². The van der Waals surface area contributed by atoms with E-state index in [9.17, 15) is 4.79 Å². The van der Waals surface area contributed by atoms with E-state index in [1.54, 1.807) is 7.11 Å². The number of methoxy groups -OCH3 is 1. The zero-order valence-electron chi connectivity index (χ0n) is 18.5. The van der Waals surface area contributed by atoms with Crippen LogP contribution in [0.1, 0.15) is 37.5 Å². The van der Waals surface area contributed by atoms with Crippen molar-refractivity contribution >= 4 is 23.3 Å². The third-order valence-corrected chi connectivity index (χ3v) is 4.88. The fourth-order valence-electron chi connectivity index (χ4n) is 2.84. The van der Waals surface area contributed by atoms with Gasteiger partial charge in [-0.25, -0.2) is 0 Å². The Balaban J connectivity index is 1.97. The summed E-state index contributed by atoms with van der Waals surface area (Å²) in [5.41, 5.74) is 2.76. The Kier molecular flexibility index (Phi) is 8.66. The van der Waals surface area contributed by atoms with Gasteiger partial charge in [-0.05, 0) is 69.1 Å². The number of hydrogen-bond donors (Lipinski definition) is 2. The van der Waals surface area contributed by atoms with Gasteiger partial charge in [0.15, 0.2) is 5.11 Å². The molecule has 0 fully saturated rings. The lowest BCUT2D eigenvalue weighted by Crippen LogP contribution is -2.45. The minimum atomic E-state index is -0.541. The molecule has 0 aromatic heterocycles. The number of rotatable bonds is 8. The van der Waals surface area contributed by atoms with Crippen LogP contribution in [0.25, 0.3) is 0 Å². The van der Waals surface area contributed by atoms with E-state index in [0.29, 0.717) is 18.1 Å². The molecule has 5 nitrogen and oxygen atoms in total. The molecule has 2 aromatic rings. The molecule has 2 N–H and O–H groups in total. The Hall–Kier alpha value is -2.60. The first-order valence-electron chi connectivity index (χ1n) is 10.1. The van der Waals surface area contributed by atoms with Crippen molar-refractivity contribution in [2.75, 3.05) is 13.7 Å². The van der Waals surface area contributed by atoms with Crippen molar-refractivity contribution < 1.29 is 14.3 Å². The molecule has 0 bridgehead atoms. The van der Waals surface area contributed by atoms with E-state index in [2.05, 4.69) is 22.8 Å². The number of hydrogen-bond acceptors (Lipinski definition) is 4. The molecule has 0 amide bonds. The maximum atomic E-state index is 12.2. The van der Waals surface area contributed by atoms with Crippen LogP contribution in [0.3, 0.4) is 0 Å². The first kappa shape index (κ1) is 23.7. The monoisotopic (exact) mass is 428 g/mol. The smallest absolute Gasteiger partial charge is 0.311 e. The van der Waals surface area contributed by atoms with Crippen LogP contribution in [0.4, 0.5) is 0 Å². The van der Waals surface area contributed by atoms with E-state index < -0.39 is 5.41 Å². The van der Waals surface area contributed by atoms with Gasteiger partial charge in [-0.15, -0.1) is 0 Å². The van der Waals surface area contributed by atoms with Crippen LogP contribution in [0.2, 0.25) is 0 Å². The summed E-state index contributed by atoms with van der Waals surface area (Å²) in [7, 11) is 1.67. The Labute approximate surface area is 185 Å². The lowest BCUT2D eigenvalue weighted by molar-refractivity contribution is -0.153. The quantitative estimate of drug-likeness (QED) is 0.486. The molecule has 0 saturated carbocycles. The van der Waals surface area contributed by atoms with Crippen LogP contribution in [-0.2, 0) is 22.5 Å². The summed E-state index contributed by atoms with van der Waals surface area (Å²) < 4.78 is 10.9. The number of thiocarbonyl (C=S) groups is 1. The summed E-state index contributed by atoms with van der Waals surface area (Å²) in [5.74, 6) is 0.622. The second kappa shape index (κ2) is 11.0. The first-order chi connectivity index (χ1) is 14.2. The molecule has 0 aliphatic carbocycles. The molecule has 2 aromatic carbocycles. The van der Waals surface area contributed by atoms with E-state index in [4.69, 9.17) is 21.7 Å². The van der Waals surface area contributed by atoms with Crippen molar-refractivity contribution in [3.8, 4) is 5.75 Å². The Bertz CT molecular complexity index is 847. The van der Waals surface area contributed by atoms with Gasteiger partial charge in [0.25, 0.3) is 0 Å². The maximum Gasteiger partial charge on any atom is 0.311 e. The highest BCUT2D eigenvalue weighted by Crippen LogP contribution is 2.19. The number of benzene rings is 2. The second-order valence-corrected chi connectivity index (χ2v) is 8.77. The predicted octanol–water partition coefficient (Wildman–Crippen LogP) is 4.17. The van der Waals surface area contributed by atoms with E-state index in [0.717, 1.165) is 22.4 Å². The molecular formula is C24H32N2O3S. The number of esters is 1. The molecule has 162 valence electrons. The minimum Gasteiger partial charge on any atom is -0.496 e. The van der Waals surface area contributed by atoms with Gasteiger partial charge in [0.05, 0.1) is 18.6 Å². The standard InChI is InChI=1S/C24H32N2O3S/c1-17-11-12-19(14-21(17)28-5)15-25-23(30)26-20(13-18-9-7-6-8-10-18)16-29-22(27)24(2,3)4/h6-12,14,20H,13,15-16H2,1-5H3,(H2,25,26,30). The summed E-state index contributed by atoms with van der Waals surface area (Å²) in [6.07, 6.45) is 0.693. The van der Waals surface area contributed by atoms with Crippen LogP contribution >= 0.6 is 12.2 Å². The topological polar surface area (TPSA) is 59.6 Å².